The van der Waals surface area contributed by atoms with Crippen LogP contribution in [0.1, 0.15) is 5.56 Å². The molecule has 0 bridgehead atoms. The number of carbonyl (C=O) groups is 1. The molecule has 2 rings (SSSR count). The maximum absolute atomic E-state index is 11.7. The topological polar surface area (TPSA) is 66.0 Å². The minimum absolute atomic E-state index is 0.237. The van der Waals surface area contributed by atoms with Crippen LogP contribution in [0.2, 0.25) is 0 Å². The van der Waals surface area contributed by atoms with Crippen LogP contribution in [-0.4, -0.2) is 17.3 Å². The number of nitrogens with zero attached hydrogens (tertiary/aromatic N) is 1. The standard InChI is InChI=1S/C14H16N4OS/c1-20-18-13-6-4-12(5-7-13)17-14(19)16-10-11-3-2-8-15-9-11/h2-9,18H,10H2,1H3,(H2,16,17,19). The summed E-state index contributed by atoms with van der Waals surface area (Å²) in [4.78, 5) is 15.7. The summed E-state index contributed by atoms with van der Waals surface area (Å²) >= 11 is 1.52. The first-order valence-corrected chi connectivity index (χ1v) is 7.33. The number of urea groups is 1. The second kappa shape index (κ2) is 7.40. The maximum atomic E-state index is 11.7. The molecule has 0 unspecified atom stereocenters. The van der Waals surface area contributed by atoms with E-state index in [0.717, 1.165) is 16.9 Å². The molecule has 2 amide bonds. The van der Waals surface area contributed by atoms with Crippen molar-refractivity contribution < 1.29 is 4.79 Å². The average Bonchev–Trinajstić information content (AvgIpc) is 2.49. The minimum Gasteiger partial charge on any atom is -0.334 e. The van der Waals surface area contributed by atoms with Crippen molar-refractivity contribution in [3.05, 3.63) is 54.4 Å². The Bertz CT molecular complexity index is 545. The van der Waals surface area contributed by atoms with Crippen molar-refractivity contribution >= 4 is 29.4 Å². The van der Waals surface area contributed by atoms with E-state index >= 15 is 0 Å². The Morgan fingerprint density at radius 2 is 1.95 bits per heavy atom. The van der Waals surface area contributed by atoms with Crippen molar-refractivity contribution in [2.24, 2.45) is 0 Å². The lowest BCUT2D eigenvalue weighted by Crippen LogP contribution is -2.28. The molecule has 0 saturated carbocycles. The third-order valence-corrected chi connectivity index (χ3v) is 2.98. The van der Waals surface area contributed by atoms with E-state index in [0.29, 0.717) is 6.54 Å². The predicted octanol–water partition coefficient (Wildman–Crippen LogP) is 3.09. The zero-order valence-electron chi connectivity index (χ0n) is 11.1. The molecule has 6 heteroatoms. The first kappa shape index (κ1) is 14.2. The van der Waals surface area contributed by atoms with Gasteiger partial charge in [0.1, 0.15) is 0 Å². The fraction of sp³-hybridized carbons (Fsp3) is 0.143. The lowest BCUT2D eigenvalue weighted by molar-refractivity contribution is 0.251. The van der Waals surface area contributed by atoms with Crippen LogP contribution in [0.25, 0.3) is 0 Å². The van der Waals surface area contributed by atoms with E-state index in [-0.39, 0.29) is 6.03 Å². The van der Waals surface area contributed by atoms with Crippen molar-refractivity contribution in [1.82, 2.24) is 10.3 Å². The third-order valence-electron chi connectivity index (χ3n) is 2.54. The zero-order valence-corrected chi connectivity index (χ0v) is 11.9. The highest BCUT2D eigenvalue weighted by atomic mass is 32.2. The average molecular weight is 288 g/mol. The van der Waals surface area contributed by atoms with Crippen molar-refractivity contribution in [3.63, 3.8) is 0 Å². The van der Waals surface area contributed by atoms with Gasteiger partial charge in [-0.1, -0.05) is 18.0 Å². The molecule has 5 nitrogen and oxygen atoms in total. The fourth-order valence-corrected chi connectivity index (χ4v) is 1.97. The van der Waals surface area contributed by atoms with Gasteiger partial charge in [-0.05, 0) is 35.9 Å². The molecule has 0 radical (unpaired) electrons. The van der Waals surface area contributed by atoms with E-state index in [1.807, 2.05) is 42.7 Å². The lowest BCUT2D eigenvalue weighted by atomic mass is 10.3. The van der Waals surface area contributed by atoms with Crippen molar-refractivity contribution in [3.8, 4) is 0 Å². The Kier molecular flexibility index (Phi) is 5.25. The number of hydrogen-bond acceptors (Lipinski definition) is 4. The van der Waals surface area contributed by atoms with Crippen molar-refractivity contribution in [2.75, 3.05) is 16.3 Å². The van der Waals surface area contributed by atoms with Gasteiger partial charge in [0.25, 0.3) is 0 Å². The molecule has 1 aromatic carbocycles. The fourth-order valence-electron chi connectivity index (χ4n) is 1.60. The zero-order chi connectivity index (χ0) is 14.2. The van der Waals surface area contributed by atoms with Crippen molar-refractivity contribution in [2.45, 2.75) is 6.54 Å². The van der Waals surface area contributed by atoms with Crippen LogP contribution in [0.4, 0.5) is 16.2 Å². The largest absolute Gasteiger partial charge is 0.334 e. The minimum atomic E-state index is -0.237. The Morgan fingerprint density at radius 3 is 2.60 bits per heavy atom. The summed E-state index contributed by atoms with van der Waals surface area (Å²) < 4.78 is 3.12. The summed E-state index contributed by atoms with van der Waals surface area (Å²) in [6.07, 6.45) is 5.38. The number of amides is 2. The molecule has 1 aromatic heterocycles. The molecule has 0 atom stereocenters. The predicted molar refractivity (Wildman–Crippen MR) is 83.7 cm³/mol. The normalized spacial score (nSPS) is 9.85. The van der Waals surface area contributed by atoms with Crippen LogP contribution in [0.5, 0.6) is 0 Å². The van der Waals surface area contributed by atoms with Crippen LogP contribution in [0.15, 0.2) is 48.8 Å². The number of nitrogens with one attached hydrogen (secondary N) is 3. The van der Waals surface area contributed by atoms with Gasteiger partial charge in [0.15, 0.2) is 0 Å². The number of aromatic nitrogens is 1. The summed E-state index contributed by atoms with van der Waals surface area (Å²) in [6, 6.07) is 11.0. The van der Waals surface area contributed by atoms with Crippen LogP contribution < -0.4 is 15.4 Å². The van der Waals surface area contributed by atoms with E-state index in [1.165, 1.54) is 11.9 Å². The van der Waals surface area contributed by atoms with E-state index in [1.54, 1.807) is 12.4 Å². The number of benzene rings is 1. The second-order valence-electron chi connectivity index (χ2n) is 4.05. The monoisotopic (exact) mass is 288 g/mol. The maximum Gasteiger partial charge on any atom is 0.319 e. The Morgan fingerprint density at radius 1 is 1.20 bits per heavy atom. The molecule has 104 valence electrons. The summed E-state index contributed by atoms with van der Waals surface area (Å²) in [5.74, 6) is 0. The third kappa shape index (κ3) is 4.47. The molecule has 0 aliphatic rings. The van der Waals surface area contributed by atoms with Gasteiger partial charge >= 0.3 is 6.03 Å². The van der Waals surface area contributed by atoms with Crippen molar-refractivity contribution in [1.29, 1.82) is 0 Å². The van der Waals surface area contributed by atoms with Gasteiger partial charge < -0.3 is 15.4 Å². The van der Waals surface area contributed by atoms with Gasteiger partial charge in [0, 0.05) is 36.6 Å². The van der Waals surface area contributed by atoms with Gasteiger partial charge in [0.05, 0.1) is 0 Å². The van der Waals surface area contributed by atoms with E-state index in [4.69, 9.17) is 0 Å². The summed E-state index contributed by atoms with van der Waals surface area (Å²) in [6.45, 7) is 0.450. The molecule has 20 heavy (non-hydrogen) atoms. The number of rotatable bonds is 5. The Balaban J connectivity index is 1.82. The highest BCUT2D eigenvalue weighted by molar-refractivity contribution is 7.99. The summed E-state index contributed by atoms with van der Waals surface area (Å²) in [5, 5.41) is 5.55. The number of hydrogen-bond donors (Lipinski definition) is 3. The smallest absolute Gasteiger partial charge is 0.319 e. The lowest BCUT2D eigenvalue weighted by Gasteiger charge is -2.08. The Labute approximate surface area is 122 Å². The first-order valence-electron chi connectivity index (χ1n) is 6.11. The highest BCUT2D eigenvalue weighted by Gasteiger charge is 2.01. The molecule has 0 spiro atoms. The number of anilines is 2. The number of pyridine rings is 1. The molecule has 0 saturated heterocycles. The van der Waals surface area contributed by atoms with E-state index in [2.05, 4.69) is 20.3 Å². The number of carbonyl (C=O) groups excluding carboxylic acids is 1. The van der Waals surface area contributed by atoms with Gasteiger partial charge in [-0.2, -0.15) is 0 Å². The van der Waals surface area contributed by atoms with Crippen LogP contribution >= 0.6 is 11.9 Å². The summed E-state index contributed by atoms with van der Waals surface area (Å²) in [5.41, 5.74) is 2.71. The van der Waals surface area contributed by atoms with Gasteiger partial charge in [-0.25, -0.2) is 4.79 Å². The second-order valence-corrected chi connectivity index (χ2v) is 4.66. The SMILES string of the molecule is CSNc1ccc(NC(=O)NCc2cccnc2)cc1. The molecular formula is C14H16N4OS. The highest BCUT2D eigenvalue weighted by Crippen LogP contribution is 2.15. The quantitative estimate of drug-likeness (QED) is 0.740. The molecule has 1 heterocycles. The van der Waals surface area contributed by atoms with Crippen LogP contribution in [0, 0.1) is 0 Å². The Hall–Kier alpha value is -2.21. The van der Waals surface area contributed by atoms with Gasteiger partial charge in [0.2, 0.25) is 0 Å². The van der Waals surface area contributed by atoms with E-state index < -0.39 is 0 Å². The molecule has 2 aromatic rings. The summed E-state index contributed by atoms with van der Waals surface area (Å²) in [7, 11) is 0. The van der Waals surface area contributed by atoms with Gasteiger partial charge in [-0.3, -0.25) is 4.98 Å². The molecule has 0 aliphatic carbocycles. The molecule has 0 fully saturated rings. The van der Waals surface area contributed by atoms with Crippen LogP contribution in [-0.2, 0) is 6.54 Å². The van der Waals surface area contributed by atoms with E-state index in [9.17, 15) is 4.79 Å². The van der Waals surface area contributed by atoms with Gasteiger partial charge in [-0.15, -0.1) is 0 Å². The van der Waals surface area contributed by atoms with Crippen LogP contribution in [0.3, 0.4) is 0 Å². The molecule has 0 aliphatic heterocycles. The molecular weight excluding hydrogens is 272 g/mol. The first-order chi connectivity index (χ1) is 9.78. The molecule has 3 N–H and O–H groups in total.